The van der Waals surface area contributed by atoms with Crippen molar-refractivity contribution >= 4 is 45.7 Å². The van der Waals surface area contributed by atoms with E-state index in [1.54, 1.807) is 0 Å². The van der Waals surface area contributed by atoms with Crippen LogP contribution in [0.2, 0.25) is 0 Å². The standard InChI is InChI=1S/C12H19IN2S/c1-16-8-4-2-3-7-15-12-6-5-10(13)9-11(12)14/h5-6,9,15H,2-4,7-8,14H2,1H3. The van der Waals surface area contributed by atoms with E-state index in [1.165, 1.54) is 28.6 Å². The highest BCUT2D eigenvalue weighted by molar-refractivity contribution is 14.1. The van der Waals surface area contributed by atoms with E-state index in [9.17, 15) is 0 Å². The Morgan fingerprint density at radius 3 is 2.81 bits per heavy atom. The van der Waals surface area contributed by atoms with Crippen LogP contribution in [0.1, 0.15) is 19.3 Å². The van der Waals surface area contributed by atoms with Crippen molar-refractivity contribution in [3.8, 4) is 0 Å². The molecular formula is C12H19IN2S. The molecule has 0 bridgehead atoms. The summed E-state index contributed by atoms with van der Waals surface area (Å²) in [4.78, 5) is 0. The lowest BCUT2D eigenvalue weighted by molar-refractivity contribution is 0.750. The molecule has 0 atom stereocenters. The Morgan fingerprint density at radius 2 is 2.12 bits per heavy atom. The molecule has 0 amide bonds. The Morgan fingerprint density at radius 1 is 1.31 bits per heavy atom. The van der Waals surface area contributed by atoms with Gasteiger partial charge in [-0.3, -0.25) is 0 Å². The fraction of sp³-hybridized carbons (Fsp3) is 0.500. The number of nitrogens with one attached hydrogen (secondary N) is 1. The van der Waals surface area contributed by atoms with E-state index >= 15 is 0 Å². The van der Waals surface area contributed by atoms with Crippen molar-refractivity contribution in [2.75, 3.05) is 29.6 Å². The van der Waals surface area contributed by atoms with Crippen LogP contribution in [0.5, 0.6) is 0 Å². The molecule has 0 aliphatic rings. The van der Waals surface area contributed by atoms with Crippen LogP contribution in [0.25, 0.3) is 0 Å². The highest BCUT2D eigenvalue weighted by atomic mass is 127. The fourth-order valence-electron chi connectivity index (χ4n) is 1.47. The molecule has 4 heteroatoms. The lowest BCUT2D eigenvalue weighted by atomic mass is 10.2. The van der Waals surface area contributed by atoms with Gasteiger partial charge in [0, 0.05) is 10.1 Å². The van der Waals surface area contributed by atoms with Crippen molar-refractivity contribution < 1.29 is 0 Å². The van der Waals surface area contributed by atoms with E-state index in [0.29, 0.717) is 0 Å². The van der Waals surface area contributed by atoms with E-state index in [1.807, 2.05) is 17.8 Å². The number of thioether (sulfide) groups is 1. The maximum absolute atomic E-state index is 5.91. The molecule has 1 rings (SSSR count). The number of hydrogen-bond donors (Lipinski definition) is 2. The molecule has 0 saturated carbocycles. The van der Waals surface area contributed by atoms with Crippen LogP contribution in [-0.2, 0) is 0 Å². The molecule has 90 valence electrons. The Hall–Kier alpha value is -0.100. The number of nitrogens with two attached hydrogens (primary N) is 1. The third-order valence-electron chi connectivity index (χ3n) is 2.35. The monoisotopic (exact) mass is 350 g/mol. The largest absolute Gasteiger partial charge is 0.397 e. The van der Waals surface area contributed by atoms with E-state index < -0.39 is 0 Å². The minimum Gasteiger partial charge on any atom is -0.397 e. The van der Waals surface area contributed by atoms with Gasteiger partial charge in [0.15, 0.2) is 0 Å². The van der Waals surface area contributed by atoms with Crippen molar-refractivity contribution in [3.05, 3.63) is 21.8 Å². The van der Waals surface area contributed by atoms with Crippen molar-refractivity contribution in [1.29, 1.82) is 0 Å². The van der Waals surface area contributed by atoms with Crippen LogP contribution in [0.15, 0.2) is 18.2 Å². The number of hydrogen-bond acceptors (Lipinski definition) is 3. The van der Waals surface area contributed by atoms with E-state index in [2.05, 4.69) is 46.3 Å². The predicted octanol–water partition coefficient (Wildman–Crippen LogP) is 3.82. The summed E-state index contributed by atoms with van der Waals surface area (Å²) in [6.07, 6.45) is 5.97. The molecule has 0 aromatic heterocycles. The van der Waals surface area contributed by atoms with Crippen LogP contribution < -0.4 is 11.1 Å². The molecule has 0 fully saturated rings. The first-order valence-corrected chi connectivity index (χ1v) is 7.99. The van der Waals surface area contributed by atoms with Crippen molar-refractivity contribution in [2.24, 2.45) is 0 Å². The minimum atomic E-state index is 0.844. The predicted molar refractivity (Wildman–Crippen MR) is 84.3 cm³/mol. The molecule has 16 heavy (non-hydrogen) atoms. The van der Waals surface area contributed by atoms with Gasteiger partial charge in [0.25, 0.3) is 0 Å². The highest BCUT2D eigenvalue weighted by Gasteiger charge is 1.98. The van der Waals surface area contributed by atoms with Crippen LogP contribution in [0.4, 0.5) is 11.4 Å². The number of halogens is 1. The van der Waals surface area contributed by atoms with Crippen molar-refractivity contribution in [2.45, 2.75) is 19.3 Å². The number of nitrogen functional groups attached to an aromatic ring is 1. The second-order valence-corrected chi connectivity index (χ2v) is 5.94. The van der Waals surface area contributed by atoms with Crippen molar-refractivity contribution in [3.63, 3.8) is 0 Å². The summed E-state index contributed by atoms with van der Waals surface area (Å²) in [6, 6.07) is 6.13. The van der Waals surface area contributed by atoms with E-state index in [4.69, 9.17) is 5.73 Å². The average Bonchev–Trinajstić information content (AvgIpc) is 2.26. The third kappa shape index (κ3) is 5.30. The van der Waals surface area contributed by atoms with Gasteiger partial charge in [-0.05, 0) is 65.6 Å². The third-order valence-corrected chi connectivity index (χ3v) is 3.72. The fourth-order valence-corrected chi connectivity index (χ4v) is 2.47. The smallest absolute Gasteiger partial charge is 0.0574 e. The quantitative estimate of drug-likeness (QED) is 0.446. The molecule has 2 nitrogen and oxygen atoms in total. The Labute approximate surface area is 116 Å². The Kier molecular flexibility index (Phi) is 7.03. The molecular weight excluding hydrogens is 331 g/mol. The van der Waals surface area contributed by atoms with Crippen LogP contribution in [0, 0.1) is 3.57 Å². The maximum Gasteiger partial charge on any atom is 0.0574 e. The zero-order chi connectivity index (χ0) is 11.8. The summed E-state index contributed by atoms with van der Waals surface area (Å²) >= 11 is 4.19. The summed E-state index contributed by atoms with van der Waals surface area (Å²) in [5.41, 5.74) is 7.82. The molecule has 0 radical (unpaired) electrons. The van der Waals surface area contributed by atoms with Gasteiger partial charge in [-0.2, -0.15) is 11.8 Å². The molecule has 0 heterocycles. The topological polar surface area (TPSA) is 38.0 Å². The summed E-state index contributed by atoms with van der Waals surface area (Å²) < 4.78 is 1.18. The van der Waals surface area contributed by atoms with Gasteiger partial charge in [0.2, 0.25) is 0 Å². The lowest BCUT2D eigenvalue weighted by Crippen LogP contribution is -2.04. The maximum atomic E-state index is 5.91. The molecule has 3 N–H and O–H groups in total. The molecule has 0 spiro atoms. The van der Waals surface area contributed by atoms with Crippen molar-refractivity contribution in [1.82, 2.24) is 0 Å². The molecule has 0 saturated heterocycles. The van der Waals surface area contributed by atoms with Gasteiger partial charge >= 0.3 is 0 Å². The molecule has 0 aliphatic heterocycles. The molecule has 0 unspecified atom stereocenters. The number of unbranched alkanes of at least 4 members (excludes halogenated alkanes) is 2. The number of benzene rings is 1. The van der Waals surface area contributed by atoms with Gasteiger partial charge in [-0.1, -0.05) is 6.42 Å². The van der Waals surface area contributed by atoms with Gasteiger partial charge in [-0.25, -0.2) is 0 Å². The summed E-state index contributed by atoms with van der Waals surface area (Å²) in [6.45, 7) is 1.01. The highest BCUT2D eigenvalue weighted by Crippen LogP contribution is 2.20. The minimum absolute atomic E-state index is 0.844. The summed E-state index contributed by atoms with van der Waals surface area (Å²) in [5, 5.41) is 3.38. The number of anilines is 2. The first-order valence-electron chi connectivity index (χ1n) is 5.52. The van der Waals surface area contributed by atoms with Gasteiger partial charge < -0.3 is 11.1 Å². The Balaban J connectivity index is 2.21. The van der Waals surface area contributed by atoms with Crippen LogP contribution >= 0.6 is 34.4 Å². The number of rotatable bonds is 7. The second kappa shape index (κ2) is 8.06. The van der Waals surface area contributed by atoms with E-state index in [-0.39, 0.29) is 0 Å². The van der Waals surface area contributed by atoms with Gasteiger partial charge in [0.1, 0.15) is 0 Å². The zero-order valence-electron chi connectivity index (χ0n) is 9.63. The van der Waals surface area contributed by atoms with Crippen LogP contribution in [-0.4, -0.2) is 18.6 Å². The lowest BCUT2D eigenvalue weighted by Gasteiger charge is -2.09. The van der Waals surface area contributed by atoms with Crippen LogP contribution in [0.3, 0.4) is 0 Å². The first-order chi connectivity index (χ1) is 7.74. The van der Waals surface area contributed by atoms with Gasteiger partial charge in [-0.15, -0.1) is 0 Å². The average molecular weight is 350 g/mol. The summed E-state index contributed by atoms with van der Waals surface area (Å²) in [5.74, 6) is 1.27. The van der Waals surface area contributed by atoms with Gasteiger partial charge in [0.05, 0.1) is 11.4 Å². The van der Waals surface area contributed by atoms with E-state index in [0.717, 1.165) is 17.9 Å². The Bertz CT molecular complexity index is 318. The molecule has 1 aromatic carbocycles. The second-order valence-electron chi connectivity index (χ2n) is 3.71. The molecule has 1 aromatic rings. The molecule has 0 aliphatic carbocycles. The zero-order valence-corrected chi connectivity index (χ0v) is 12.6. The summed E-state index contributed by atoms with van der Waals surface area (Å²) in [7, 11) is 0. The SMILES string of the molecule is CSCCCCCNc1ccc(I)cc1N. The first kappa shape index (κ1) is 14.0. The normalized spacial score (nSPS) is 10.4.